The Balaban J connectivity index is 1.53. The lowest BCUT2D eigenvalue weighted by molar-refractivity contribution is 0.0705. The van der Waals surface area contributed by atoms with E-state index in [1.165, 1.54) is 10.6 Å². The van der Waals surface area contributed by atoms with Gasteiger partial charge in [-0.3, -0.25) is 9.48 Å². The van der Waals surface area contributed by atoms with Crippen molar-refractivity contribution in [2.75, 3.05) is 13.1 Å². The number of nitrogens with zero attached hydrogens (tertiary/aromatic N) is 4. The normalized spacial score (nSPS) is 16.9. The fourth-order valence-corrected chi connectivity index (χ4v) is 5.14. The van der Waals surface area contributed by atoms with Gasteiger partial charge in [0, 0.05) is 30.1 Å². The highest BCUT2D eigenvalue weighted by Gasteiger charge is 2.30. The highest BCUT2D eigenvalue weighted by atomic mass is 32.1. The van der Waals surface area contributed by atoms with E-state index in [0.717, 1.165) is 55.0 Å². The van der Waals surface area contributed by atoms with Crippen molar-refractivity contribution in [2.24, 2.45) is 0 Å². The number of aryl methyl sites for hydroxylation is 2. The number of amides is 1. The molecule has 0 saturated carbocycles. The largest absolute Gasteiger partial charge is 0.338 e. The summed E-state index contributed by atoms with van der Waals surface area (Å²) < 4.78 is 1.95. The van der Waals surface area contributed by atoms with Gasteiger partial charge in [-0.05, 0) is 38.7 Å². The first kappa shape index (κ1) is 19.8. The van der Waals surface area contributed by atoms with Gasteiger partial charge in [-0.25, -0.2) is 4.98 Å². The molecule has 5 nitrogen and oxygen atoms in total. The zero-order chi connectivity index (χ0) is 20.4. The molecule has 1 amide bonds. The van der Waals surface area contributed by atoms with E-state index in [0.29, 0.717) is 12.5 Å². The van der Waals surface area contributed by atoms with Gasteiger partial charge in [0.15, 0.2) is 0 Å². The lowest BCUT2D eigenvalue weighted by Gasteiger charge is -2.32. The van der Waals surface area contributed by atoms with Crippen LogP contribution in [0.15, 0.2) is 35.7 Å². The number of aromatic nitrogens is 3. The Hall–Kier alpha value is -2.47. The minimum absolute atomic E-state index is 0.108. The average molecular weight is 409 g/mol. The Bertz CT molecular complexity index is 992. The highest BCUT2D eigenvalue weighted by Crippen LogP contribution is 2.30. The first-order valence-corrected chi connectivity index (χ1v) is 11.3. The molecule has 1 unspecified atom stereocenters. The van der Waals surface area contributed by atoms with E-state index in [2.05, 4.69) is 29.5 Å². The van der Waals surface area contributed by atoms with Gasteiger partial charge in [0.1, 0.15) is 0 Å². The molecule has 3 aromatic rings. The van der Waals surface area contributed by atoms with Crippen molar-refractivity contribution in [1.29, 1.82) is 0 Å². The standard InChI is InChI=1S/C23H28N4OS/c1-4-20-15-29-22(24-20)19-11-8-12-26(14-19)23(28)21-16(2)25-27(17(21)3)13-18-9-6-5-7-10-18/h5-7,9-10,15,19H,4,8,11-14H2,1-3H3. The van der Waals surface area contributed by atoms with Crippen LogP contribution in [0.4, 0.5) is 0 Å². The molecule has 0 aliphatic carbocycles. The van der Waals surface area contributed by atoms with Crippen LogP contribution in [0.5, 0.6) is 0 Å². The number of hydrogen-bond acceptors (Lipinski definition) is 4. The number of carbonyl (C=O) groups excluding carboxylic acids is 1. The minimum Gasteiger partial charge on any atom is -0.338 e. The zero-order valence-corrected chi connectivity index (χ0v) is 18.2. The number of carbonyl (C=O) groups is 1. The van der Waals surface area contributed by atoms with E-state index < -0.39 is 0 Å². The van der Waals surface area contributed by atoms with E-state index in [4.69, 9.17) is 4.98 Å². The SMILES string of the molecule is CCc1csc(C2CCCN(C(=O)c3c(C)nn(Cc4ccccc4)c3C)C2)n1. The molecule has 0 spiro atoms. The summed E-state index contributed by atoms with van der Waals surface area (Å²) in [7, 11) is 0. The molecule has 1 fully saturated rings. The molecule has 4 rings (SSSR count). The van der Waals surface area contributed by atoms with Crippen molar-refractivity contribution in [1.82, 2.24) is 19.7 Å². The predicted molar refractivity (Wildman–Crippen MR) is 117 cm³/mol. The number of thiazole rings is 1. The van der Waals surface area contributed by atoms with Gasteiger partial charge in [0.2, 0.25) is 0 Å². The summed E-state index contributed by atoms with van der Waals surface area (Å²) >= 11 is 1.74. The molecule has 0 bridgehead atoms. The Morgan fingerprint density at radius 3 is 2.76 bits per heavy atom. The number of rotatable bonds is 5. The average Bonchev–Trinajstić information content (AvgIpc) is 3.33. The third-order valence-electron chi connectivity index (χ3n) is 5.76. The van der Waals surface area contributed by atoms with Crippen LogP contribution in [0.1, 0.15) is 63.7 Å². The number of piperidine rings is 1. The molecule has 152 valence electrons. The van der Waals surface area contributed by atoms with Gasteiger partial charge in [-0.2, -0.15) is 5.10 Å². The second-order valence-electron chi connectivity index (χ2n) is 7.81. The molecular weight excluding hydrogens is 380 g/mol. The second kappa shape index (κ2) is 8.49. The predicted octanol–water partition coefficient (Wildman–Crippen LogP) is 4.59. The van der Waals surface area contributed by atoms with Gasteiger partial charge in [-0.1, -0.05) is 37.3 Å². The fourth-order valence-electron chi connectivity index (χ4n) is 4.11. The Kier molecular flexibility index (Phi) is 5.81. The topological polar surface area (TPSA) is 51.0 Å². The van der Waals surface area contributed by atoms with Crippen molar-refractivity contribution in [3.63, 3.8) is 0 Å². The maximum Gasteiger partial charge on any atom is 0.257 e. The van der Waals surface area contributed by atoms with Gasteiger partial charge < -0.3 is 4.90 Å². The van der Waals surface area contributed by atoms with E-state index in [-0.39, 0.29) is 5.91 Å². The summed E-state index contributed by atoms with van der Waals surface area (Å²) in [6.45, 7) is 8.32. The number of benzene rings is 1. The fraction of sp³-hybridized carbons (Fsp3) is 0.435. The molecule has 1 aromatic carbocycles. The first-order valence-electron chi connectivity index (χ1n) is 10.4. The van der Waals surface area contributed by atoms with Crippen molar-refractivity contribution in [2.45, 2.75) is 52.5 Å². The Labute approximate surface area is 176 Å². The van der Waals surface area contributed by atoms with E-state index in [1.807, 2.05) is 41.6 Å². The second-order valence-corrected chi connectivity index (χ2v) is 8.70. The third-order valence-corrected chi connectivity index (χ3v) is 6.82. The third kappa shape index (κ3) is 4.13. The smallest absolute Gasteiger partial charge is 0.257 e. The molecular formula is C23H28N4OS. The minimum atomic E-state index is 0.108. The lowest BCUT2D eigenvalue weighted by atomic mass is 9.97. The maximum absolute atomic E-state index is 13.4. The monoisotopic (exact) mass is 408 g/mol. The lowest BCUT2D eigenvalue weighted by Crippen LogP contribution is -2.39. The van der Waals surface area contributed by atoms with Crippen LogP contribution in [-0.4, -0.2) is 38.7 Å². The van der Waals surface area contributed by atoms with Crippen molar-refractivity contribution >= 4 is 17.2 Å². The van der Waals surface area contributed by atoms with Crippen LogP contribution in [0.2, 0.25) is 0 Å². The summed E-state index contributed by atoms with van der Waals surface area (Å²) in [6, 6.07) is 10.3. The van der Waals surface area contributed by atoms with Crippen LogP contribution in [0, 0.1) is 13.8 Å². The molecule has 0 radical (unpaired) electrons. The summed E-state index contributed by atoms with van der Waals surface area (Å²) in [4.78, 5) is 20.2. The van der Waals surface area contributed by atoms with Crippen LogP contribution in [0.3, 0.4) is 0 Å². The zero-order valence-electron chi connectivity index (χ0n) is 17.4. The van der Waals surface area contributed by atoms with Crippen LogP contribution in [0.25, 0.3) is 0 Å². The molecule has 1 atom stereocenters. The van der Waals surface area contributed by atoms with Crippen LogP contribution >= 0.6 is 11.3 Å². The first-order chi connectivity index (χ1) is 14.1. The number of hydrogen-bond donors (Lipinski definition) is 0. The van der Waals surface area contributed by atoms with Crippen LogP contribution in [-0.2, 0) is 13.0 Å². The van der Waals surface area contributed by atoms with Gasteiger partial charge in [0.25, 0.3) is 5.91 Å². The molecule has 3 heterocycles. The molecule has 2 aromatic heterocycles. The van der Waals surface area contributed by atoms with E-state index in [9.17, 15) is 4.79 Å². The summed E-state index contributed by atoms with van der Waals surface area (Å²) in [5, 5.41) is 8.00. The van der Waals surface area contributed by atoms with Crippen molar-refractivity contribution < 1.29 is 4.79 Å². The van der Waals surface area contributed by atoms with Gasteiger partial charge in [0.05, 0.1) is 28.5 Å². The molecule has 1 saturated heterocycles. The van der Waals surface area contributed by atoms with Crippen molar-refractivity contribution in [3.8, 4) is 0 Å². The maximum atomic E-state index is 13.4. The Morgan fingerprint density at radius 1 is 1.24 bits per heavy atom. The summed E-state index contributed by atoms with van der Waals surface area (Å²) in [5.41, 5.74) is 4.86. The Morgan fingerprint density at radius 2 is 2.03 bits per heavy atom. The number of likely N-dealkylation sites (tertiary alicyclic amines) is 1. The van der Waals surface area contributed by atoms with Gasteiger partial charge in [-0.15, -0.1) is 11.3 Å². The molecule has 1 aliphatic rings. The van der Waals surface area contributed by atoms with Gasteiger partial charge >= 0.3 is 0 Å². The molecule has 6 heteroatoms. The van der Waals surface area contributed by atoms with Crippen molar-refractivity contribution in [3.05, 3.63) is 68.9 Å². The van der Waals surface area contributed by atoms with Crippen LogP contribution < -0.4 is 0 Å². The molecule has 29 heavy (non-hydrogen) atoms. The molecule has 0 N–H and O–H groups in total. The highest BCUT2D eigenvalue weighted by molar-refractivity contribution is 7.09. The summed E-state index contributed by atoms with van der Waals surface area (Å²) in [6.07, 6.45) is 3.09. The van der Waals surface area contributed by atoms with E-state index in [1.54, 1.807) is 11.3 Å². The molecule has 1 aliphatic heterocycles. The summed E-state index contributed by atoms with van der Waals surface area (Å²) in [5.74, 6) is 0.453. The quantitative estimate of drug-likeness (QED) is 0.621. The van der Waals surface area contributed by atoms with E-state index >= 15 is 0 Å².